The summed E-state index contributed by atoms with van der Waals surface area (Å²) in [5, 5.41) is 2.35. The molecule has 0 aliphatic rings. The van der Waals surface area contributed by atoms with Crippen molar-refractivity contribution < 1.29 is 0 Å². The van der Waals surface area contributed by atoms with Gasteiger partial charge in [0.2, 0.25) is 0 Å². The van der Waals surface area contributed by atoms with E-state index in [1.165, 1.54) is 16.3 Å². The van der Waals surface area contributed by atoms with Gasteiger partial charge < -0.3 is 0 Å². The van der Waals surface area contributed by atoms with Gasteiger partial charge in [-0.25, -0.2) is 4.98 Å². The molecule has 0 saturated carbocycles. The molecule has 3 aromatic rings. The summed E-state index contributed by atoms with van der Waals surface area (Å²) < 4.78 is 0. The fourth-order valence-electron chi connectivity index (χ4n) is 2.31. The molecule has 0 aliphatic carbocycles. The first-order valence-corrected chi connectivity index (χ1v) is 5.64. The third-order valence-electron chi connectivity index (χ3n) is 3.27. The normalized spacial score (nSPS) is 11.2. The van der Waals surface area contributed by atoms with Crippen molar-refractivity contribution in [1.29, 1.82) is 0 Å². The zero-order chi connectivity index (χ0) is 12.0. The van der Waals surface area contributed by atoms with E-state index >= 15 is 0 Å². The summed E-state index contributed by atoms with van der Waals surface area (Å²) in [5.41, 5.74) is 5.15. The van der Waals surface area contributed by atoms with Gasteiger partial charge in [-0.1, -0.05) is 36.4 Å². The summed E-state index contributed by atoms with van der Waals surface area (Å²) >= 11 is 0. The zero-order valence-electron chi connectivity index (χ0n) is 9.83. The summed E-state index contributed by atoms with van der Waals surface area (Å²) in [5.74, 6) is 0. The Kier molecular flexibility index (Phi) is 2.15. The number of para-hydroxylation sites is 2. The number of aromatic nitrogens is 1. The van der Waals surface area contributed by atoms with Crippen LogP contribution >= 0.6 is 0 Å². The number of pyridine rings is 1. The Morgan fingerprint density at radius 2 is 1.29 bits per heavy atom. The van der Waals surface area contributed by atoms with Crippen LogP contribution in [0.1, 0.15) is 16.7 Å². The van der Waals surface area contributed by atoms with Gasteiger partial charge in [-0.2, -0.15) is 0 Å². The number of nitrogens with zero attached hydrogens (tertiary/aromatic N) is 1. The van der Waals surface area contributed by atoms with Gasteiger partial charge >= 0.3 is 0 Å². The topological polar surface area (TPSA) is 12.9 Å². The van der Waals surface area contributed by atoms with E-state index in [9.17, 15) is 0 Å². The molecule has 1 nitrogen and oxygen atoms in total. The Labute approximate surface area is 101 Å². The van der Waals surface area contributed by atoms with E-state index in [1.807, 2.05) is 24.3 Å². The Hall–Kier alpha value is -1.89. The summed E-state index contributed by atoms with van der Waals surface area (Å²) in [7, 11) is 0. The maximum atomic E-state index is 4.71. The number of hydrogen-bond acceptors (Lipinski definition) is 1. The van der Waals surface area contributed by atoms with Crippen LogP contribution in [-0.2, 0) is 0 Å². The quantitative estimate of drug-likeness (QED) is 0.519. The van der Waals surface area contributed by atoms with Gasteiger partial charge in [-0.05, 0) is 37.5 Å². The van der Waals surface area contributed by atoms with Crippen molar-refractivity contribution in [3.8, 4) is 0 Å². The number of rotatable bonds is 0. The first kappa shape index (κ1) is 10.3. The van der Waals surface area contributed by atoms with Crippen molar-refractivity contribution in [1.82, 2.24) is 4.98 Å². The molecule has 0 N–H and O–H groups in total. The van der Waals surface area contributed by atoms with Gasteiger partial charge in [0.1, 0.15) is 0 Å². The second-order valence-corrected chi connectivity index (χ2v) is 4.36. The highest BCUT2D eigenvalue weighted by molar-refractivity contribution is 5.99. The third kappa shape index (κ3) is 1.42. The predicted molar refractivity (Wildman–Crippen MR) is 72.9 cm³/mol. The molecule has 1 heteroatoms. The Bertz CT molecular complexity index is 666. The average molecular weight is 219 g/mol. The van der Waals surface area contributed by atoms with Crippen molar-refractivity contribution in [2.75, 3.05) is 0 Å². The maximum absolute atomic E-state index is 4.71. The molecule has 1 aromatic heterocycles. The predicted octanol–water partition coefficient (Wildman–Crippen LogP) is 4.06. The molecule has 82 valence electrons. The van der Waals surface area contributed by atoms with E-state index in [2.05, 4.69) is 32.9 Å². The molecule has 1 heterocycles. The minimum absolute atomic E-state index is 0.968. The number of fused-ring (bicyclic) bond motifs is 2. The minimum Gasteiger partial charge on any atom is -0.247 e. The van der Waals surface area contributed by atoms with Crippen molar-refractivity contribution >= 4 is 21.8 Å². The molecule has 2 aromatic carbocycles. The molecule has 0 spiro atoms. The van der Waals surface area contributed by atoms with Gasteiger partial charge in [0, 0.05) is 10.8 Å². The van der Waals surface area contributed by atoms with Crippen LogP contribution in [0.4, 0.5) is 0 Å². The molecule has 3 rings (SSSR count). The Balaban J connectivity index is 2.62. The standard InChI is InChI=1S/C16H13N/c1-10-6-4-8-13-12(3)14-9-5-7-11(2)16(14)17-15(10)13/h4-9H,1-2H2,3H3. The van der Waals surface area contributed by atoms with Crippen LogP contribution < -0.4 is 0 Å². The van der Waals surface area contributed by atoms with Crippen molar-refractivity contribution in [2.45, 2.75) is 6.92 Å². The molecule has 0 aliphatic heterocycles. The van der Waals surface area contributed by atoms with E-state index in [1.54, 1.807) is 0 Å². The second-order valence-electron chi connectivity index (χ2n) is 4.36. The molecule has 0 fully saturated rings. The van der Waals surface area contributed by atoms with Crippen LogP contribution in [0.5, 0.6) is 0 Å². The lowest BCUT2D eigenvalue weighted by atomic mass is 10.00. The van der Waals surface area contributed by atoms with Crippen molar-refractivity contribution in [3.05, 3.63) is 66.9 Å². The number of benzene rings is 2. The second kappa shape index (κ2) is 3.56. The molecule has 2 radical (unpaired) electrons. The first-order chi connectivity index (χ1) is 8.18. The Morgan fingerprint density at radius 1 is 0.824 bits per heavy atom. The van der Waals surface area contributed by atoms with Crippen LogP contribution in [0.3, 0.4) is 0 Å². The summed E-state index contributed by atoms with van der Waals surface area (Å²) in [6, 6.07) is 12.2. The monoisotopic (exact) mass is 219 g/mol. The third-order valence-corrected chi connectivity index (χ3v) is 3.27. The zero-order valence-corrected chi connectivity index (χ0v) is 9.83. The lowest BCUT2D eigenvalue weighted by Gasteiger charge is -2.10. The molecule has 0 amide bonds. The maximum Gasteiger partial charge on any atom is 0.0744 e. The van der Waals surface area contributed by atoms with Crippen molar-refractivity contribution in [3.63, 3.8) is 0 Å². The van der Waals surface area contributed by atoms with Crippen LogP contribution in [0, 0.1) is 20.8 Å². The van der Waals surface area contributed by atoms with Gasteiger partial charge in [0.25, 0.3) is 0 Å². The SMILES string of the molecule is [CH2]c1cccc2c(C)c3cccc([CH2])c3nc12. The highest BCUT2D eigenvalue weighted by atomic mass is 14.7. The molecule has 0 unspecified atom stereocenters. The van der Waals surface area contributed by atoms with Gasteiger partial charge in [-0.15, -0.1) is 0 Å². The van der Waals surface area contributed by atoms with E-state index < -0.39 is 0 Å². The molecule has 0 bridgehead atoms. The minimum atomic E-state index is 0.968. The average Bonchev–Trinajstić information content (AvgIpc) is 2.32. The highest BCUT2D eigenvalue weighted by Gasteiger charge is 2.08. The first-order valence-electron chi connectivity index (χ1n) is 5.64. The summed E-state index contributed by atoms with van der Waals surface area (Å²) in [4.78, 5) is 4.71. The van der Waals surface area contributed by atoms with Crippen LogP contribution in [0.25, 0.3) is 21.8 Å². The molecule has 0 saturated heterocycles. The molecular weight excluding hydrogens is 206 g/mol. The van der Waals surface area contributed by atoms with Crippen LogP contribution in [0.2, 0.25) is 0 Å². The largest absolute Gasteiger partial charge is 0.247 e. The van der Waals surface area contributed by atoms with E-state index in [-0.39, 0.29) is 0 Å². The molecular formula is C16H13N. The fraction of sp³-hybridized carbons (Fsp3) is 0.0625. The fourth-order valence-corrected chi connectivity index (χ4v) is 2.31. The van der Waals surface area contributed by atoms with Gasteiger partial charge in [0.05, 0.1) is 11.0 Å². The smallest absolute Gasteiger partial charge is 0.0744 e. The van der Waals surface area contributed by atoms with Crippen LogP contribution in [0.15, 0.2) is 36.4 Å². The highest BCUT2D eigenvalue weighted by Crippen LogP contribution is 2.28. The van der Waals surface area contributed by atoms with E-state index in [0.29, 0.717) is 0 Å². The number of aryl methyl sites for hydroxylation is 1. The van der Waals surface area contributed by atoms with Crippen molar-refractivity contribution in [2.24, 2.45) is 0 Å². The van der Waals surface area contributed by atoms with Gasteiger partial charge in [-0.3, -0.25) is 0 Å². The number of hydrogen-bond donors (Lipinski definition) is 0. The van der Waals surface area contributed by atoms with Gasteiger partial charge in [0.15, 0.2) is 0 Å². The summed E-state index contributed by atoms with van der Waals surface area (Å²) in [6.07, 6.45) is 0. The van der Waals surface area contributed by atoms with E-state index in [4.69, 9.17) is 4.98 Å². The molecule has 17 heavy (non-hydrogen) atoms. The lowest BCUT2D eigenvalue weighted by molar-refractivity contribution is 1.42. The van der Waals surface area contributed by atoms with E-state index in [0.717, 1.165) is 22.2 Å². The molecule has 0 atom stereocenters. The summed E-state index contributed by atoms with van der Waals surface area (Å²) in [6.45, 7) is 10.2. The van der Waals surface area contributed by atoms with Crippen LogP contribution in [-0.4, -0.2) is 4.98 Å². The lowest BCUT2D eigenvalue weighted by Crippen LogP contribution is -1.91. The Morgan fingerprint density at radius 3 is 1.76 bits per heavy atom.